The fourth-order valence-electron chi connectivity index (χ4n) is 2.41. The Morgan fingerprint density at radius 1 is 0.692 bits per heavy atom. The molecule has 0 aromatic heterocycles. The molecule has 0 bridgehead atoms. The Hall–Kier alpha value is 0.784. The van der Waals surface area contributed by atoms with Crippen LogP contribution in [0.1, 0.15) is 41.5 Å². The van der Waals surface area contributed by atoms with Gasteiger partial charge >= 0.3 is 32.8 Å². The van der Waals surface area contributed by atoms with E-state index in [9.17, 15) is 0 Å². The van der Waals surface area contributed by atoms with Crippen molar-refractivity contribution in [1.29, 1.82) is 0 Å². The van der Waals surface area contributed by atoms with Crippen LogP contribution in [0.3, 0.4) is 0 Å². The first-order valence-corrected chi connectivity index (χ1v) is 16.6. The van der Waals surface area contributed by atoms with Gasteiger partial charge in [-0.15, -0.1) is 63.0 Å². The van der Waals surface area contributed by atoms with Gasteiger partial charge in [0.25, 0.3) is 0 Å². The van der Waals surface area contributed by atoms with E-state index in [4.69, 9.17) is 0 Å². The largest absolute Gasteiger partial charge is 0.147 e. The van der Waals surface area contributed by atoms with Crippen molar-refractivity contribution in [2.24, 2.45) is 0 Å². The van der Waals surface area contributed by atoms with Gasteiger partial charge in [0.2, 0.25) is 0 Å². The minimum Gasteiger partial charge on any atom is -0.147 e. The first kappa shape index (κ1) is 29.0. The van der Waals surface area contributed by atoms with Gasteiger partial charge in [-0.25, -0.2) is 0 Å². The third kappa shape index (κ3) is 14.8. The number of benzene rings is 2. The number of halogens is 1. The van der Waals surface area contributed by atoms with Crippen molar-refractivity contribution in [1.82, 2.24) is 0 Å². The Balaban J connectivity index is 0. The van der Waals surface area contributed by atoms with E-state index in [1.165, 1.54) is 47.7 Å². The second-order valence-corrected chi connectivity index (χ2v) is 12.0. The molecule has 0 spiro atoms. The molecule has 0 aliphatic rings. The van der Waals surface area contributed by atoms with Gasteiger partial charge in [-0.1, -0.05) is 53.7 Å². The van der Waals surface area contributed by atoms with Crippen LogP contribution in [0.4, 0.5) is 0 Å². The average Bonchev–Trinajstić information content (AvgIpc) is 2.73. The molecule has 0 radical (unpaired) electrons. The summed E-state index contributed by atoms with van der Waals surface area (Å²) in [5, 5.41) is 2.44. The van der Waals surface area contributed by atoms with Gasteiger partial charge < -0.3 is 0 Å². The zero-order valence-electron chi connectivity index (χ0n) is 17.4. The van der Waals surface area contributed by atoms with Gasteiger partial charge in [0.15, 0.2) is 0 Å². The molecule has 0 fully saturated rings. The Morgan fingerprint density at radius 3 is 1.42 bits per heavy atom. The zero-order chi connectivity index (χ0) is 20.2. The molecule has 0 N–H and O–H groups in total. The molecule has 153 valence electrons. The summed E-state index contributed by atoms with van der Waals surface area (Å²) < 4.78 is 0. The monoisotopic (exact) mass is 548 g/mol. The quantitative estimate of drug-likeness (QED) is 0.147. The Labute approximate surface area is 185 Å². The maximum absolute atomic E-state index is 3.84. The summed E-state index contributed by atoms with van der Waals surface area (Å²) in [5.41, 5.74) is 0. The van der Waals surface area contributed by atoms with Gasteiger partial charge in [-0.05, 0) is 37.0 Å². The van der Waals surface area contributed by atoms with Gasteiger partial charge in [-0.2, -0.15) is 0 Å². The number of hydrogen-bond donors (Lipinski definition) is 0. The standard InChI is InChI=1S/C10H7.2C6H15P.HI.Ni/c1-2-6-10-8-4-3-7-9(10)5-1;2*1-4-7(5-2)6-3;;/h1-7H;2*4-6H2,1-3H3;1H;/q-1;;;;+1/p-1. The van der Waals surface area contributed by atoms with Crippen LogP contribution in [0, 0.1) is 6.07 Å². The van der Waals surface area contributed by atoms with Crippen molar-refractivity contribution >= 4 is 47.1 Å². The Bertz CT molecular complexity index is 426. The molecule has 0 aliphatic carbocycles. The molecule has 2 aromatic rings. The van der Waals surface area contributed by atoms with Crippen LogP contribution in [-0.4, -0.2) is 37.0 Å². The van der Waals surface area contributed by atoms with E-state index in [-0.39, 0.29) is 0 Å². The van der Waals surface area contributed by atoms with Crippen molar-refractivity contribution < 1.29 is 12.3 Å². The molecule has 26 heavy (non-hydrogen) atoms. The summed E-state index contributed by atoms with van der Waals surface area (Å²) >= 11 is 5.62. The van der Waals surface area contributed by atoms with Crippen LogP contribution in [0.15, 0.2) is 42.5 Å². The number of hydrogen-bond acceptors (Lipinski definition) is 0. The number of fused-ring (bicyclic) bond motifs is 1. The molecule has 0 aliphatic heterocycles. The van der Waals surface area contributed by atoms with Gasteiger partial charge in [0.05, 0.1) is 0 Å². The summed E-state index contributed by atoms with van der Waals surface area (Å²) in [4.78, 5) is 0. The molecular formula is C22H37INiP2-. The van der Waals surface area contributed by atoms with E-state index < -0.39 is 0 Å². The Kier molecular flexibility index (Phi) is 24.6. The first-order chi connectivity index (χ1) is 12.7. The smallest absolute Gasteiger partial charge is 0.0801 e. The molecule has 0 amide bonds. The number of rotatable bonds is 6. The second kappa shape index (κ2) is 22.1. The molecular weight excluding hydrogens is 512 g/mol. The van der Waals surface area contributed by atoms with Gasteiger partial charge in [0.1, 0.15) is 0 Å². The van der Waals surface area contributed by atoms with Crippen LogP contribution in [0.2, 0.25) is 0 Å². The molecule has 4 heteroatoms. The van der Waals surface area contributed by atoms with Crippen LogP contribution in [0.25, 0.3) is 10.8 Å². The molecule has 0 heterocycles. The zero-order valence-corrected chi connectivity index (χ0v) is 22.3. The third-order valence-corrected chi connectivity index (χ3v) is 9.62. The van der Waals surface area contributed by atoms with Crippen molar-refractivity contribution in [2.45, 2.75) is 41.5 Å². The molecule has 0 atom stereocenters. The minimum absolute atomic E-state index is 0.446. The van der Waals surface area contributed by atoms with Crippen molar-refractivity contribution in [3.63, 3.8) is 0 Å². The van der Waals surface area contributed by atoms with Crippen molar-refractivity contribution in [3.8, 4) is 0 Å². The van der Waals surface area contributed by atoms with Gasteiger partial charge in [-0.3, -0.25) is 0 Å². The topological polar surface area (TPSA) is 0 Å². The summed E-state index contributed by atoms with van der Waals surface area (Å²) in [6.07, 6.45) is 8.51. The van der Waals surface area contributed by atoms with Crippen molar-refractivity contribution in [3.05, 3.63) is 48.5 Å². The van der Waals surface area contributed by atoms with Crippen LogP contribution >= 0.6 is 36.3 Å². The summed E-state index contributed by atoms with van der Waals surface area (Å²) in [7, 11) is 0.892. The van der Waals surface area contributed by atoms with Crippen LogP contribution < -0.4 is 0 Å². The van der Waals surface area contributed by atoms with E-state index in [1.54, 1.807) is 20.5 Å². The fourth-order valence-corrected chi connectivity index (χ4v) is 5.09. The maximum atomic E-state index is 3.84. The summed E-state index contributed by atoms with van der Waals surface area (Å²) in [6.45, 7) is 13.7. The molecule has 0 unspecified atom stereocenters. The summed E-state index contributed by atoms with van der Waals surface area (Å²) in [5.74, 6) is 0. The summed E-state index contributed by atoms with van der Waals surface area (Å²) in [6, 6.07) is 17.4. The first-order valence-electron chi connectivity index (χ1n) is 9.58. The molecule has 2 rings (SSSR count). The minimum atomic E-state index is 0.446. The van der Waals surface area contributed by atoms with E-state index in [0.717, 1.165) is 0 Å². The molecule has 2 aromatic carbocycles. The average molecular weight is 549 g/mol. The van der Waals surface area contributed by atoms with E-state index in [2.05, 4.69) is 78.1 Å². The van der Waals surface area contributed by atoms with Crippen molar-refractivity contribution in [2.75, 3.05) is 37.0 Å². The van der Waals surface area contributed by atoms with Crippen LogP contribution in [-0.2, 0) is 12.3 Å². The maximum Gasteiger partial charge on any atom is -0.0801 e. The SMILES string of the molecule is CCP(CC)CC.CCP(CC)CC.[Ni][I].[c-]1cccc2ccccc12. The van der Waals surface area contributed by atoms with E-state index >= 15 is 0 Å². The van der Waals surface area contributed by atoms with Gasteiger partial charge in [0, 0.05) is 0 Å². The predicted molar refractivity (Wildman–Crippen MR) is 134 cm³/mol. The Morgan fingerprint density at radius 2 is 1.08 bits per heavy atom. The predicted octanol–water partition coefficient (Wildman–Crippen LogP) is 8.58. The molecule has 0 saturated carbocycles. The van der Waals surface area contributed by atoms with E-state index in [0.29, 0.717) is 15.8 Å². The molecule has 0 nitrogen and oxygen atoms in total. The normalized spacial score (nSPS) is 9.65. The molecule has 0 saturated heterocycles. The van der Waals surface area contributed by atoms with Crippen LogP contribution in [0.5, 0.6) is 0 Å². The van der Waals surface area contributed by atoms with E-state index in [1.807, 2.05) is 24.3 Å². The third-order valence-electron chi connectivity index (χ3n) is 4.25. The second-order valence-electron chi connectivity index (χ2n) is 5.50. The fraction of sp³-hybridized carbons (Fsp3) is 0.545.